The third-order valence-corrected chi connectivity index (χ3v) is 5.60. The molecule has 5 heteroatoms. The van der Waals surface area contributed by atoms with Crippen molar-refractivity contribution in [1.82, 2.24) is 10.0 Å². The zero-order valence-electron chi connectivity index (χ0n) is 11.8. The first-order valence-corrected chi connectivity index (χ1v) is 8.84. The van der Waals surface area contributed by atoms with E-state index in [-0.39, 0.29) is 6.04 Å². The Morgan fingerprint density at radius 1 is 1.20 bits per heavy atom. The number of hydrogen-bond donors (Lipinski definition) is 2. The fourth-order valence-electron chi connectivity index (χ4n) is 2.76. The van der Waals surface area contributed by atoms with Crippen LogP contribution < -0.4 is 10.0 Å². The maximum absolute atomic E-state index is 12.5. The van der Waals surface area contributed by atoms with Gasteiger partial charge in [0.05, 0.1) is 4.90 Å². The van der Waals surface area contributed by atoms with Crippen molar-refractivity contribution in [2.24, 2.45) is 11.8 Å². The number of sulfonamides is 1. The first-order valence-electron chi connectivity index (χ1n) is 7.36. The van der Waals surface area contributed by atoms with Crippen molar-refractivity contribution < 1.29 is 8.42 Å². The van der Waals surface area contributed by atoms with Crippen LogP contribution >= 0.6 is 0 Å². The Morgan fingerprint density at radius 3 is 2.40 bits per heavy atom. The van der Waals surface area contributed by atoms with Crippen LogP contribution in [-0.2, 0) is 16.6 Å². The molecular formula is C15H22N2O2S. The summed E-state index contributed by atoms with van der Waals surface area (Å²) in [6.07, 6.45) is 4.68. The van der Waals surface area contributed by atoms with Gasteiger partial charge in [0.15, 0.2) is 0 Å². The largest absolute Gasteiger partial charge is 0.316 e. The van der Waals surface area contributed by atoms with Gasteiger partial charge in [-0.15, -0.1) is 0 Å². The second-order valence-corrected chi connectivity index (χ2v) is 7.71. The summed E-state index contributed by atoms with van der Waals surface area (Å²) in [6.45, 7) is 0.679. The van der Waals surface area contributed by atoms with Gasteiger partial charge in [-0.3, -0.25) is 0 Å². The van der Waals surface area contributed by atoms with Crippen LogP contribution in [0.5, 0.6) is 0 Å². The van der Waals surface area contributed by atoms with Crippen LogP contribution in [0.4, 0.5) is 0 Å². The predicted molar refractivity (Wildman–Crippen MR) is 78.8 cm³/mol. The standard InChI is InChI=1S/C15H22N2O2S/c1-16-10-11-3-2-4-14(9-11)20(18,19)17-15(12-5-6-12)13-7-8-13/h2-4,9,12-13,15-17H,5-8,10H2,1H3. The van der Waals surface area contributed by atoms with E-state index in [0.29, 0.717) is 23.3 Å². The minimum absolute atomic E-state index is 0.160. The molecule has 0 unspecified atom stereocenters. The Labute approximate surface area is 121 Å². The maximum atomic E-state index is 12.5. The van der Waals surface area contributed by atoms with Crippen molar-refractivity contribution in [3.8, 4) is 0 Å². The lowest BCUT2D eigenvalue weighted by atomic mass is 10.1. The van der Waals surface area contributed by atoms with Crippen LogP contribution in [0.1, 0.15) is 31.2 Å². The smallest absolute Gasteiger partial charge is 0.240 e. The second-order valence-electron chi connectivity index (χ2n) is 6.00. The van der Waals surface area contributed by atoms with Gasteiger partial charge in [0.1, 0.15) is 0 Å². The highest BCUT2D eigenvalue weighted by Gasteiger charge is 2.43. The van der Waals surface area contributed by atoms with Gasteiger partial charge in [-0.2, -0.15) is 0 Å². The van der Waals surface area contributed by atoms with E-state index < -0.39 is 10.0 Å². The fraction of sp³-hybridized carbons (Fsp3) is 0.600. The molecular weight excluding hydrogens is 272 g/mol. The van der Waals surface area contributed by atoms with Gasteiger partial charge < -0.3 is 5.32 Å². The monoisotopic (exact) mass is 294 g/mol. The molecule has 2 aliphatic carbocycles. The average molecular weight is 294 g/mol. The summed E-state index contributed by atoms with van der Waals surface area (Å²) in [4.78, 5) is 0.386. The molecule has 0 aliphatic heterocycles. The summed E-state index contributed by atoms with van der Waals surface area (Å²) in [5, 5.41) is 3.04. The van der Waals surface area contributed by atoms with E-state index in [1.807, 2.05) is 19.2 Å². The lowest BCUT2D eigenvalue weighted by Gasteiger charge is -2.18. The first kappa shape index (κ1) is 14.0. The zero-order chi connectivity index (χ0) is 14.2. The van der Waals surface area contributed by atoms with Gasteiger partial charge in [0, 0.05) is 12.6 Å². The summed E-state index contributed by atoms with van der Waals surface area (Å²) < 4.78 is 28.0. The Hall–Kier alpha value is -0.910. The molecule has 0 aromatic heterocycles. The minimum Gasteiger partial charge on any atom is -0.316 e. The highest BCUT2D eigenvalue weighted by Crippen LogP contribution is 2.45. The van der Waals surface area contributed by atoms with Crippen LogP contribution in [-0.4, -0.2) is 21.5 Å². The Morgan fingerprint density at radius 2 is 1.85 bits per heavy atom. The molecule has 2 fully saturated rings. The van der Waals surface area contributed by atoms with E-state index in [0.717, 1.165) is 5.56 Å². The van der Waals surface area contributed by atoms with Crippen molar-refractivity contribution in [3.05, 3.63) is 29.8 Å². The first-order chi connectivity index (χ1) is 9.60. The molecule has 1 aromatic carbocycles. The van der Waals surface area contributed by atoms with Gasteiger partial charge in [-0.05, 0) is 62.3 Å². The second kappa shape index (κ2) is 5.47. The van der Waals surface area contributed by atoms with Gasteiger partial charge in [-0.1, -0.05) is 12.1 Å². The van der Waals surface area contributed by atoms with Crippen LogP contribution in [0.25, 0.3) is 0 Å². The van der Waals surface area contributed by atoms with Crippen molar-refractivity contribution in [2.45, 2.75) is 43.2 Å². The fourth-order valence-corrected chi connectivity index (χ4v) is 4.21. The van der Waals surface area contributed by atoms with Gasteiger partial charge >= 0.3 is 0 Å². The summed E-state index contributed by atoms with van der Waals surface area (Å²) in [5.41, 5.74) is 0.991. The number of benzene rings is 1. The lowest BCUT2D eigenvalue weighted by Crippen LogP contribution is -2.38. The van der Waals surface area contributed by atoms with Crippen LogP contribution in [0.3, 0.4) is 0 Å². The van der Waals surface area contributed by atoms with Gasteiger partial charge in [0.2, 0.25) is 10.0 Å². The topological polar surface area (TPSA) is 58.2 Å². The summed E-state index contributed by atoms with van der Waals surface area (Å²) in [7, 11) is -1.53. The molecule has 0 spiro atoms. The molecule has 4 nitrogen and oxygen atoms in total. The molecule has 3 rings (SSSR count). The van der Waals surface area contributed by atoms with Crippen molar-refractivity contribution >= 4 is 10.0 Å². The van der Waals surface area contributed by atoms with Crippen molar-refractivity contribution in [2.75, 3.05) is 7.05 Å². The van der Waals surface area contributed by atoms with Gasteiger partial charge in [0.25, 0.3) is 0 Å². The highest BCUT2D eigenvalue weighted by molar-refractivity contribution is 7.89. The molecule has 0 amide bonds. The third-order valence-electron chi connectivity index (χ3n) is 4.14. The molecule has 2 N–H and O–H groups in total. The molecule has 2 aliphatic rings. The van der Waals surface area contributed by atoms with Crippen LogP contribution in [0, 0.1) is 11.8 Å². The Balaban J connectivity index is 1.78. The Kier molecular flexibility index (Phi) is 3.84. The molecule has 1 aromatic rings. The van der Waals surface area contributed by atoms with Crippen LogP contribution in [0.15, 0.2) is 29.2 Å². The average Bonchev–Trinajstić information content (AvgIpc) is 3.29. The van der Waals surface area contributed by atoms with E-state index >= 15 is 0 Å². The Bertz CT molecular complexity index is 565. The quantitative estimate of drug-likeness (QED) is 0.807. The summed E-state index contributed by atoms with van der Waals surface area (Å²) >= 11 is 0. The SMILES string of the molecule is CNCc1cccc(S(=O)(=O)NC(C2CC2)C2CC2)c1. The molecule has 0 atom stereocenters. The normalized spacial score (nSPS) is 19.5. The zero-order valence-corrected chi connectivity index (χ0v) is 12.6. The van der Waals surface area contributed by atoms with E-state index in [4.69, 9.17) is 0 Å². The number of rotatable bonds is 7. The van der Waals surface area contributed by atoms with Crippen LogP contribution in [0.2, 0.25) is 0 Å². The molecule has 0 heterocycles. The summed E-state index contributed by atoms with van der Waals surface area (Å²) in [6, 6.07) is 7.35. The highest BCUT2D eigenvalue weighted by atomic mass is 32.2. The van der Waals surface area contributed by atoms with Gasteiger partial charge in [-0.25, -0.2) is 13.1 Å². The predicted octanol–water partition coefficient (Wildman–Crippen LogP) is 1.87. The summed E-state index contributed by atoms with van der Waals surface area (Å²) in [5.74, 6) is 1.13. The van der Waals surface area contributed by atoms with E-state index in [2.05, 4.69) is 10.0 Å². The molecule has 0 saturated heterocycles. The molecule has 0 bridgehead atoms. The third kappa shape index (κ3) is 3.22. The van der Waals surface area contributed by atoms with E-state index in [1.54, 1.807) is 12.1 Å². The van der Waals surface area contributed by atoms with Crippen molar-refractivity contribution in [1.29, 1.82) is 0 Å². The number of hydrogen-bond acceptors (Lipinski definition) is 3. The molecule has 110 valence electrons. The lowest BCUT2D eigenvalue weighted by molar-refractivity contribution is 0.471. The maximum Gasteiger partial charge on any atom is 0.240 e. The van der Waals surface area contributed by atoms with Crippen molar-refractivity contribution in [3.63, 3.8) is 0 Å². The molecule has 20 heavy (non-hydrogen) atoms. The number of nitrogens with one attached hydrogen (secondary N) is 2. The van der Waals surface area contributed by atoms with E-state index in [1.165, 1.54) is 25.7 Å². The molecule has 0 radical (unpaired) electrons. The molecule has 2 saturated carbocycles. The minimum atomic E-state index is -3.39. The van der Waals surface area contributed by atoms with E-state index in [9.17, 15) is 8.42 Å².